The highest BCUT2D eigenvalue weighted by molar-refractivity contribution is 7.26. The third-order valence-corrected chi connectivity index (χ3v) is 4.48. The van der Waals surface area contributed by atoms with Crippen molar-refractivity contribution in [2.75, 3.05) is 0 Å². The molecule has 2 aromatic carbocycles. The van der Waals surface area contributed by atoms with Crippen LogP contribution >= 0.6 is 11.3 Å². The van der Waals surface area contributed by atoms with Crippen molar-refractivity contribution in [2.24, 2.45) is 0 Å². The van der Waals surface area contributed by atoms with Gasteiger partial charge in [-0.15, -0.1) is 11.3 Å². The molecule has 3 rings (SSSR count). The van der Waals surface area contributed by atoms with Gasteiger partial charge in [-0.3, -0.25) is 0 Å². The lowest BCUT2D eigenvalue weighted by molar-refractivity contribution is 1.60. The summed E-state index contributed by atoms with van der Waals surface area (Å²) in [4.78, 5) is 0. The minimum Gasteiger partial charge on any atom is -0.135 e. The van der Waals surface area contributed by atoms with Crippen LogP contribution in [-0.2, 0) is 0 Å². The van der Waals surface area contributed by atoms with Crippen molar-refractivity contribution in [1.29, 1.82) is 0 Å². The molecule has 0 aliphatic rings. The van der Waals surface area contributed by atoms with Gasteiger partial charge in [-0.05, 0) is 31.1 Å². The van der Waals surface area contributed by atoms with E-state index in [1.165, 1.54) is 31.3 Å². The van der Waals surface area contributed by atoms with Crippen LogP contribution in [0.1, 0.15) is 19.4 Å². The monoisotopic (exact) mass is 238 g/mol. The molecule has 0 nitrogen and oxygen atoms in total. The third-order valence-electron chi connectivity index (χ3n) is 3.26. The van der Waals surface area contributed by atoms with E-state index in [4.69, 9.17) is 0 Å². The van der Waals surface area contributed by atoms with Gasteiger partial charge in [-0.1, -0.05) is 42.5 Å². The standard InChI is InChI=1S/C16H14S/c1-3-11(2)12-8-6-9-14-13-7-4-5-10-15(13)17-16(12)14/h3-10H,1-2H3/b11-3+. The summed E-state index contributed by atoms with van der Waals surface area (Å²) >= 11 is 1.89. The molecule has 0 atom stereocenters. The van der Waals surface area contributed by atoms with E-state index in [2.05, 4.69) is 62.4 Å². The molecule has 0 spiro atoms. The Labute approximate surface area is 105 Å². The van der Waals surface area contributed by atoms with Gasteiger partial charge in [0.25, 0.3) is 0 Å². The third kappa shape index (κ3) is 1.58. The van der Waals surface area contributed by atoms with Crippen LogP contribution in [0.3, 0.4) is 0 Å². The average molecular weight is 238 g/mol. The maximum atomic E-state index is 2.22. The van der Waals surface area contributed by atoms with E-state index in [0.717, 1.165) is 0 Å². The Balaban J connectivity index is 2.48. The van der Waals surface area contributed by atoms with Gasteiger partial charge in [0, 0.05) is 20.2 Å². The molecular formula is C16H14S. The molecule has 0 bridgehead atoms. The maximum absolute atomic E-state index is 2.22. The molecule has 0 unspecified atom stereocenters. The van der Waals surface area contributed by atoms with Crippen LogP contribution in [0.5, 0.6) is 0 Å². The molecule has 17 heavy (non-hydrogen) atoms. The topological polar surface area (TPSA) is 0 Å². The zero-order valence-electron chi connectivity index (χ0n) is 10.0. The van der Waals surface area contributed by atoms with E-state index < -0.39 is 0 Å². The second-order valence-corrected chi connectivity index (χ2v) is 5.30. The second-order valence-electron chi connectivity index (χ2n) is 4.25. The zero-order chi connectivity index (χ0) is 11.8. The summed E-state index contributed by atoms with van der Waals surface area (Å²) in [5, 5.41) is 2.75. The van der Waals surface area contributed by atoms with E-state index in [9.17, 15) is 0 Å². The van der Waals surface area contributed by atoms with Crippen LogP contribution in [0, 0.1) is 0 Å². The van der Waals surface area contributed by atoms with Crippen molar-refractivity contribution in [3.8, 4) is 0 Å². The van der Waals surface area contributed by atoms with Crippen molar-refractivity contribution in [2.45, 2.75) is 13.8 Å². The fourth-order valence-corrected chi connectivity index (χ4v) is 3.49. The molecular weight excluding hydrogens is 224 g/mol. The van der Waals surface area contributed by atoms with Gasteiger partial charge in [-0.2, -0.15) is 0 Å². The Kier molecular flexibility index (Phi) is 2.49. The first-order valence-corrected chi connectivity index (χ1v) is 6.66. The van der Waals surface area contributed by atoms with E-state index in [1.807, 2.05) is 11.3 Å². The number of hydrogen-bond acceptors (Lipinski definition) is 1. The first-order valence-electron chi connectivity index (χ1n) is 5.85. The predicted molar refractivity (Wildman–Crippen MR) is 78.7 cm³/mol. The maximum Gasteiger partial charge on any atom is 0.0430 e. The minimum atomic E-state index is 1.35. The van der Waals surface area contributed by atoms with Gasteiger partial charge in [0.1, 0.15) is 0 Å². The first kappa shape index (κ1) is 10.5. The van der Waals surface area contributed by atoms with Crippen molar-refractivity contribution in [3.63, 3.8) is 0 Å². The quantitative estimate of drug-likeness (QED) is 0.526. The van der Waals surface area contributed by atoms with Gasteiger partial charge in [0.15, 0.2) is 0 Å². The molecule has 1 aromatic heterocycles. The minimum absolute atomic E-state index is 1.35. The fourth-order valence-electron chi connectivity index (χ4n) is 2.21. The SMILES string of the molecule is C/C=C(\C)c1cccc2c1sc1ccccc12. The molecule has 0 radical (unpaired) electrons. The summed E-state index contributed by atoms with van der Waals surface area (Å²) in [5.41, 5.74) is 2.72. The lowest BCUT2D eigenvalue weighted by Gasteiger charge is -2.02. The molecule has 1 heteroatoms. The Morgan fingerprint density at radius 3 is 2.59 bits per heavy atom. The van der Waals surface area contributed by atoms with Gasteiger partial charge in [-0.25, -0.2) is 0 Å². The summed E-state index contributed by atoms with van der Waals surface area (Å²) in [6.07, 6.45) is 2.18. The lowest BCUT2D eigenvalue weighted by Crippen LogP contribution is -1.78. The van der Waals surface area contributed by atoms with E-state index >= 15 is 0 Å². The fraction of sp³-hybridized carbons (Fsp3) is 0.125. The normalized spacial score (nSPS) is 12.5. The molecule has 0 saturated heterocycles. The summed E-state index contributed by atoms with van der Waals surface area (Å²) < 4.78 is 2.78. The highest BCUT2D eigenvalue weighted by Gasteiger charge is 2.08. The Hall–Kier alpha value is -1.60. The van der Waals surface area contributed by atoms with Crippen LogP contribution in [0.25, 0.3) is 25.7 Å². The van der Waals surface area contributed by atoms with Crippen LogP contribution in [0.15, 0.2) is 48.5 Å². The van der Waals surface area contributed by atoms with Crippen molar-refractivity contribution in [1.82, 2.24) is 0 Å². The molecule has 0 fully saturated rings. The number of rotatable bonds is 1. The van der Waals surface area contributed by atoms with Gasteiger partial charge in [0.2, 0.25) is 0 Å². The zero-order valence-corrected chi connectivity index (χ0v) is 10.8. The van der Waals surface area contributed by atoms with E-state index in [-0.39, 0.29) is 0 Å². The van der Waals surface area contributed by atoms with E-state index in [0.29, 0.717) is 0 Å². The van der Waals surface area contributed by atoms with Gasteiger partial charge >= 0.3 is 0 Å². The second kappa shape index (κ2) is 4.01. The number of benzene rings is 2. The Morgan fingerprint density at radius 1 is 1.00 bits per heavy atom. The van der Waals surface area contributed by atoms with Gasteiger partial charge < -0.3 is 0 Å². The molecule has 0 saturated carbocycles. The number of allylic oxidation sites excluding steroid dienone is 2. The van der Waals surface area contributed by atoms with Crippen LogP contribution in [0.4, 0.5) is 0 Å². The van der Waals surface area contributed by atoms with Crippen molar-refractivity contribution in [3.05, 3.63) is 54.1 Å². The van der Waals surface area contributed by atoms with Crippen LogP contribution < -0.4 is 0 Å². The Bertz CT molecular complexity index is 717. The number of fused-ring (bicyclic) bond motifs is 3. The molecule has 1 heterocycles. The van der Waals surface area contributed by atoms with Crippen LogP contribution in [0.2, 0.25) is 0 Å². The van der Waals surface area contributed by atoms with Crippen molar-refractivity contribution >= 4 is 37.1 Å². The highest BCUT2D eigenvalue weighted by atomic mass is 32.1. The van der Waals surface area contributed by atoms with Gasteiger partial charge in [0.05, 0.1) is 0 Å². The largest absolute Gasteiger partial charge is 0.135 e. The molecule has 0 aliphatic carbocycles. The average Bonchev–Trinajstić information content (AvgIpc) is 2.76. The lowest BCUT2D eigenvalue weighted by atomic mass is 10.0. The number of thiophene rings is 1. The molecule has 3 aromatic rings. The Morgan fingerprint density at radius 2 is 1.76 bits per heavy atom. The molecule has 84 valence electrons. The summed E-state index contributed by atoms with van der Waals surface area (Å²) in [6, 6.07) is 15.2. The summed E-state index contributed by atoms with van der Waals surface area (Å²) in [6.45, 7) is 4.28. The molecule has 0 aliphatic heterocycles. The summed E-state index contributed by atoms with van der Waals surface area (Å²) in [7, 11) is 0. The predicted octanol–water partition coefficient (Wildman–Crippen LogP) is 5.48. The first-order chi connectivity index (χ1) is 8.31. The molecule has 0 N–H and O–H groups in total. The van der Waals surface area contributed by atoms with E-state index in [1.54, 1.807) is 0 Å². The van der Waals surface area contributed by atoms with Crippen molar-refractivity contribution < 1.29 is 0 Å². The smallest absolute Gasteiger partial charge is 0.0430 e. The summed E-state index contributed by atoms with van der Waals surface area (Å²) in [5.74, 6) is 0. The van der Waals surface area contributed by atoms with Crippen LogP contribution in [-0.4, -0.2) is 0 Å². The number of hydrogen-bond donors (Lipinski definition) is 0. The molecule has 0 amide bonds. The highest BCUT2D eigenvalue weighted by Crippen LogP contribution is 2.37.